The molecule has 0 amide bonds. The molecule has 0 spiro atoms. The molecule has 2 rings (SSSR count). The van der Waals surface area contributed by atoms with E-state index >= 15 is 0 Å². The van der Waals surface area contributed by atoms with Crippen LogP contribution in [0.2, 0.25) is 0 Å². The third-order valence-corrected chi connectivity index (χ3v) is 2.10. The SMILES string of the molecule is C=CC(NN)c1cnn2ccncc12. The van der Waals surface area contributed by atoms with E-state index in [1.54, 1.807) is 35.4 Å². The van der Waals surface area contributed by atoms with Crippen LogP contribution in [0.15, 0.2) is 37.4 Å². The van der Waals surface area contributed by atoms with Gasteiger partial charge in [0.2, 0.25) is 0 Å². The van der Waals surface area contributed by atoms with Gasteiger partial charge in [-0.3, -0.25) is 10.8 Å². The van der Waals surface area contributed by atoms with Gasteiger partial charge in [-0.15, -0.1) is 6.58 Å². The summed E-state index contributed by atoms with van der Waals surface area (Å²) in [6, 6.07) is -0.100. The highest BCUT2D eigenvalue weighted by Gasteiger charge is 2.10. The van der Waals surface area contributed by atoms with Crippen molar-refractivity contribution in [3.8, 4) is 0 Å². The van der Waals surface area contributed by atoms with Crippen LogP contribution < -0.4 is 11.3 Å². The molecule has 0 aliphatic heterocycles. The number of rotatable bonds is 3. The number of hydrogen-bond donors (Lipinski definition) is 2. The van der Waals surface area contributed by atoms with Crippen LogP contribution in [0.5, 0.6) is 0 Å². The molecule has 0 radical (unpaired) electrons. The van der Waals surface area contributed by atoms with Crippen LogP contribution in [0.25, 0.3) is 5.52 Å². The molecule has 0 saturated heterocycles. The van der Waals surface area contributed by atoms with Crippen LogP contribution in [0.4, 0.5) is 0 Å². The molecule has 0 aliphatic carbocycles. The molecule has 0 aromatic carbocycles. The van der Waals surface area contributed by atoms with E-state index in [9.17, 15) is 0 Å². The predicted molar refractivity (Wildman–Crippen MR) is 53.2 cm³/mol. The van der Waals surface area contributed by atoms with Crippen molar-refractivity contribution in [3.63, 3.8) is 0 Å². The minimum atomic E-state index is -0.100. The van der Waals surface area contributed by atoms with Crippen LogP contribution in [-0.2, 0) is 0 Å². The molecule has 3 N–H and O–H groups in total. The fraction of sp³-hybridized carbons (Fsp3) is 0.111. The number of fused-ring (bicyclic) bond motifs is 1. The average Bonchev–Trinajstić information content (AvgIpc) is 2.65. The fourth-order valence-electron chi connectivity index (χ4n) is 1.38. The summed E-state index contributed by atoms with van der Waals surface area (Å²) in [7, 11) is 0. The average molecular weight is 189 g/mol. The highest BCUT2D eigenvalue weighted by atomic mass is 15.3. The lowest BCUT2D eigenvalue weighted by molar-refractivity contribution is 0.660. The van der Waals surface area contributed by atoms with Crippen molar-refractivity contribution < 1.29 is 0 Å². The number of aromatic nitrogens is 3. The molecule has 5 heteroatoms. The first-order chi connectivity index (χ1) is 6.86. The molecule has 2 aromatic heterocycles. The Morgan fingerprint density at radius 3 is 3.14 bits per heavy atom. The molecular formula is C9H11N5. The van der Waals surface area contributed by atoms with E-state index in [4.69, 9.17) is 5.84 Å². The molecule has 0 bridgehead atoms. The monoisotopic (exact) mass is 189 g/mol. The van der Waals surface area contributed by atoms with Crippen LogP contribution in [-0.4, -0.2) is 14.6 Å². The molecule has 72 valence electrons. The van der Waals surface area contributed by atoms with E-state index in [1.165, 1.54) is 0 Å². The first-order valence-corrected chi connectivity index (χ1v) is 4.22. The molecule has 1 unspecified atom stereocenters. The maximum absolute atomic E-state index is 5.39. The van der Waals surface area contributed by atoms with Gasteiger partial charge in [-0.2, -0.15) is 5.10 Å². The Bertz CT molecular complexity index is 447. The number of nitrogens with zero attached hydrogens (tertiary/aromatic N) is 3. The molecule has 1 atom stereocenters. The van der Waals surface area contributed by atoms with Crippen molar-refractivity contribution in [2.45, 2.75) is 6.04 Å². The number of hydrazine groups is 1. The molecular weight excluding hydrogens is 178 g/mol. The second kappa shape index (κ2) is 3.57. The second-order valence-corrected chi connectivity index (χ2v) is 2.89. The van der Waals surface area contributed by atoms with E-state index in [2.05, 4.69) is 22.1 Å². The van der Waals surface area contributed by atoms with Gasteiger partial charge in [0, 0.05) is 18.0 Å². The molecule has 14 heavy (non-hydrogen) atoms. The van der Waals surface area contributed by atoms with E-state index < -0.39 is 0 Å². The van der Waals surface area contributed by atoms with Crippen LogP contribution in [0.3, 0.4) is 0 Å². The van der Waals surface area contributed by atoms with E-state index in [0.717, 1.165) is 11.1 Å². The zero-order valence-corrected chi connectivity index (χ0v) is 7.59. The maximum atomic E-state index is 5.39. The summed E-state index contributed by atoms with van der Waals surface area (Å²) in [5.41, 5.74) is 4.54. The van der Waals surface area contributed by atoms with Gasteiger partial charge in [-0.05, 0) is 0 Å². The normalized spacial score (nSPS) is 12.9. The van der Waals surface area contributed by atoms with E-state index in [1.807, 2.05) is 0 Å². The summed E-state index contributed by atoms with van der Waals surface area (Å²) in [5.74, 6) is 5.39. The van der Waals surface area contributed by atoms with Crippen LogP contribution in [0, 0.1) is 0 Å². The summed E-state index contributed by atoms with van der Waals surface area (Å²) in [6.07, 6.45) is 8.70. The van der Waals surface area contributed by atoms with Gasteiger partial charge in [0.05, 0.1) is 24.0 Å². The Hall–Kier alpha value is -1.72. The Kier molecular flexibility index (Phi) is 2.26. The third kappa shape index (κ3) is 1.28. The van der Waals surface area contributed by atoms with Crippen LogP contribution in [0.1, 0.15) is 11.6 Å². The van der Waals surface area contributed by atoms with Gasteiger partial charge in [-0.25, -0.2) is 9.94 Å². The summed E-state index contributed by atoms with van der Waals surface area (Å²) < 4.78 is 1.75. The molecule has 2 aromatic rings. The number of hydrogen-bond acceptors (Lipinski definition) is 4. The van der Waals surface area contributed by atoms with Gasteiger partial charge in [0.15, 0.2) is 0 Å². The minimum absolute atomic E-state index is 0.100. The van der Waals surface area contributed by atoms with Gasteiger partial charge < -0.3 is 0 Å². The molecule has 5 nitrogen and oxygen atoms in total. The van der Waals surface area contributed by atoms with Crippen molar-refractivity contribution in [1.82, 2.24) is 20.0 Å². The molecule has 0 saturated carbocycles. The molecule has 0 fully saturated rings. The first-order valence-electron chi connectivity index (χ1n) is 4.22. The highest BCUT2D eigenvalue weighted by molar-refractivity contribution is 5.54. The third-order valence-electron chi connectivity index (χ3n) is 2.10. The lowest BCUT2D eigenvalue weighted by Crippen LogP contribution is -2.26. The summed E-state index contributed by atoms with van der Waals surface area (Å²) in [5, 5.41) is 4.17. The van der Waals surface area contributed by atoms with Crippen LogP contribution >= 0.6 is 0 Å². The topological polar surface area (TPSA) is 68.2 Å². The van der Waals surface area contributed by atoms with E-state index in [-0.39, 0.29) is 6.04 Å². The largest absolute Gasteiger partial charge is 0.271 e. The van der Waals surface area contributed by atoms with Crippen molar-refractivity contribution in [2.24, 2.45) is 5.84 Å². The Balaban J connectivity index is 2.57. The lowest BCUT2D eigenvalue weighted by atomic mass is 10.1. The standard InChI is InChI=1S/C9H11N5/c1-2-8(13-10)7-5-12-14-4-3-11-6-9(7)14/h2-6,8,13H,1,10H2. The fourth-order valence-corrected chi connectivity index (χ4v) is 1.38. The summed E-state index contributed by atoms with van der Waals surface area (Å²) >= 11 is 0. The first kappa shape index (κ1) is 8.86. The zero-order valence-electron chi connectivity index (χ0n) is 7.59. The zero-order chi connectivity index (χ0) is 9.97. The van der Waals surface area contributed by atoms with Gasteiger partial charge in [0.1, 0.15) is 0 Å². The van der Waals surface area contributed by atoms with Gasteiger partial charge >= 0.3 is 0 Å². The minimum Gasteiger partial charge on any atom is -0.271 e. The van der Waals surface area contributed by atoms with Gasteiger partial charge in [-0.1, -0.05) is 6.08 Å². The maximum Gasteiger partial charge on any atom is 0.0896 e. The van der Waals surface area contributed by atoms with Crippen molar-refractivity contribution in [2.75, 3.05) is 0 Å². The number of nitrogens with two attached hydrogens (primary N) is 1. The lowest BCUT2D eigenvalue weighted by Gasteiger charge is -2.08. The van der Waals surface area contributed by atoms with Crippen molar-refractivity contribution in [1.29, 1.82) is 0 Å². The highest BCUT2D eigenvalue weighted by Crippen LogP contribution is 2.17. The Morgan fingerprint density at radius 2 is 2.43 bits per heavy atom. The molecule has 0 aliphatic rings. The number of nitrogens with one attached hydrogen (secondary N) is 1. The quantitative estimate of drug-likeness (QED) is 0.417. The predicted octanol–water partition coefficient (Wildman–Crippen LogP) is 0.420. The van der Waals surface area contributed by atoms with Crippen molar-refractivity contribution >= 4 is 5.52 Å². The summed E-state index contributed by atoms with van der Waals surface area (Å²) in [6.45, 7) is 3.69. The van der Waals surface area contributed by atoms with E-state index in [0.29, 0.717) is 0 Å². The Labute approximate surface area is 81.2 Å². The van der Waals surface area contributed by atoms with Gasteiger partial charge in [0.25, 0.3) is 0 Å². The summed E-state index contributed by atoms with van der Waals surface area (Å²) in [4.78, 5) is 4.03. The Morgan fingerprint density at radius 1 is 1.57 bits per heavy atom. The second-order valence-electron chi connectivity index (χ2n) is 2.89. The smallest absolute Gasteiger partial charge is 0.0896 e. The molecule has 2 heterocycles. The van der Waals surface area contributed by atoms with Crippen molar-refractivity contribution in [3.05, 3.63) is 43.0 Å².